The van der Waals surface area contributed by atoms with Crippen LogP contribution in [0.3, 0.4) is 0 Å². The number of fused-ring (bicyclic) bond motifs is 1. The predicted octanol–water partition coefficient (Wildman–Crippen LogP) is 1.54. The van der Waals surface area contributed by atoms with Gasteiger partial charge in [-0.25, -0.2) is 0 Å². The van der Waals surface area contributed by atoms with Crippen LogP contribution < -0.4 is 14.7 Å². The number of benzene rings is 2. The Morgan fingerprint density at radius 2 is 1.77 bits per heavy atom. The standard InChI is InChI=1S/C20H20ClN3O2/c1-14-6-7-15(21)12-18(14)23-10-8-22(9-11-23)13-24-17-5-3-2-4-16(17)19(25)20(24)26/h2-7,12H,8-11,13H2,1H3/p+1. The summed E-state index contributed by atoms with van der Waals surface area (Å²) in [7, 11) is 0. The van der Waals surface area contributed by atoms with E-state index in [2.05, 4.69) is 11.8 Å². The molecule has 2 heterocycles. The zero-order chi connectivity index (χ0) is 18.3. The maximum absolute atomic E-state index is 12.3. The number of carbonyl (C=O) groups is 2. The molecule has 26 heavy (non-hydrogen) atoms. The second kappa shape index (κ2) is 6.74. The quantitative estimate of drug-likeness (QED) is 0.834. The van der Waals surface area contributed by atoms with Gasteiger partial charge in [0, 0.05) is 10.7 Å². The lowest BCUT2D eigenvalue weighted by atomic mass is 10.1. The molecule has 0 atom stereocenters. The smallest absolute Gasteiger partial charge is 0.303 e. The number of nitrogens with one attached hydrogen (secondary N) is 1. The molecule has 0 saturated carbocycles. The van der Waals surface area contributed by atoms with Crippen molar-refractivity contribution in [3.63, 3.8) is 0 Å². The number of anilines is 2. The fourth-order valence-corrected chi connectivity index (χ4v) is 3.94. The van der Waals surface area contributed by atoms with Crippen molar-refractivity contribution in [1.82, 2.24) is 0 Å². The van der Waals surface area contributed by atoms with Gasteiger partial charge in [-0.3, -0.25) is 14.5 Å². The highest BCUT2D eigenvalue weighted by atomic mass is 35.5. The van der Waals surface area contributed by atoms with Crippen molar-refractivity contribution in [1.29, 1.82) is 0 Å². The minimum Gasteiger partial charge on any atom is -0.360 e. The molecule has 134 valence electrons. The summed E-state index contributed by atoms with van der Waals surface area (Å²) >= 11 is 6.15. The topological polar surface area (TPSA) is 45.1 Å². The minimum atomic E-state index is -0.410. The number of amides is 1. The monoisotopic (exact) mass is 370 g/mol. The average Bonchev–Trinajstić information content (AvgIpc) is 2.90. The Hall–Kier alpha value is -2.37. The molecule has 2 aliphatic heterocycles. The van der Waals surface area contributed by atoms with Gasteiger partial charge in [-0.15, -0.1) is 0 Å². The maximum atomic E-state index is 12.3. The summed E-state index contributed by atoms with van der Waals surface area (Å²) in [6.45, 7) is 6.24. The van der Waals surface area contributed by atoms with Crippen LogP contribution in [0.25, 0.3) is 0 Å². The van der Waals surface area contributed by atoms with Gasteiger partial charge in [-0.05, 0) is 36.8 Å². The molecular formula is C20H21ClN3O2+. The molecule has 4 rings (SSSR count). The number of hydrogen-bond acceptors (Lipinski definition) is 3. The third-order valence-electron chi connectivity index (χ3n) is 5.24. The minimum absolute atomic E-state index is 0.395. The number of Topliss-reactive ketones (excluding diaryl/α,β-unsaturated/α-hetero) is 1. The van der Waals surface area contributed by atoms with Crippen LogP contribution in [0.1, 0.15) is 15.9 Å². The summed E-state index contributed by atoms with van der Waals surface area (Å²) in [5.41, 5.74) is 3.65. The second-order valence-corrected chi connectivity index (χ2v) is 7.34. The fraction of sp³-hybridized carbons (Fsp3) is 0.300. The van der Waals surface area contributed by atoms with Crippen LogP contribution in [0.15, 0.2) is 42.5 Å². The lowest BCUT2D eigenvalue weighted by Crippen LogP contribution is -3.16. The molecule has 1 fully saturated rings. The molecule has 0 spiro atoms. The van der Waals surface area contributed by atoms with Crippen molar-refractivity contribution in [2.45, 2.75) is 6.92 Å². The number of carbonyl (C=O) groups excluding carboxylic acids is 2. The molecule has 1 amide bonds. The van der Waals surface area contributed by atoms with E-state index in [1.54, 1.807) is 17.0 Å². The fourth-order valence-electron chi connectivity index (χ4n) is 3.77. The van der Waals surface area contributed by atoms with Crippen molar-refractivity contribution in [3.8, 4) is 0 Å². The predicted molar refractivity (Wildman–Crippen MR) is 102 cm³/mol. The second-order valence-electron chi connectivity index (χ2n) is 6.91. The van der Waals surface area contributed by atoms with Gasteiger partial charge in [0.05, 0.1) is 37.4 Å². The van der Waals surface area contributed by atoms with Crippen LogP contribution in [0, 0.1) is 6.92 Å². The first-order valence-electron chi connectivity index (χ1n) is 8.84. The van der Waals surface area contributed by atoms with Crippen LogP contribution in [0.5, 0.6) is 0 Å². The van der Waals surface area contributed by atoms with Crippen molar-refractivity contribution in [2.75, 3.05) is 42.6 Å². The number of rotatable bonds is 3. The summed E-state index contributed by atoms with van der Waals surface area (Å²) in [6, 6.07) is 13.2. The summed E-state index contributed by atoms with van der Waals surface area (Å²) in [6.07, 6.45) is 0. The van der Waals surface area contributed by atoms with E-state index in [1.807, 2.05) is 30.3 Å². The molecule has 1 saturated heterocycles. The largest absolute Gasteiger partial charge is 0.360 e. The molecule has 1 N–H and O–H groups in total. The molecule has 2 aliphatic rings. The highest BCUT2D eigenvalue weighted by molar-refractivity contribution is 6.52. The van der Waals surface area contributed by atoms with Gasteiger partial charge in [0.1, 0.15) is 0 Å². The number of ketones is 1. The number of halogens is 1. The molecule has 2 aromatic carbocycles. The van der Waals surface area contributed by atoms with Gasteiger partial charge in [0.2, 0.25) is 0 Å². The van der Waals surface area contributed by atoms with Crippen molar-refractivity contribution < 1.29 is 14.5 Å². The van der Waals surface area contributed by atoms with E-state index in [4.69, 9.17) is 11.6 Å². The van der Waals surface area contributed by atoms with Gasteiger partial charge < -0.3 is 9.80 Å². The zero-order valence-corrected chi connectivity index (χ0v) is 15.4. The average molecular weight is 371 g/mol. The number of para-hydroxylation sites is 1. The van der Waals surface area contributed by atoms with E-state index in [9.17, 15) is 9.59 Å². The number of nitrogens with zero attached hydrogens (tertiary/aromatic N) is 2. The molecular weight excluding hydrogens is 350 g/mol. The Bertz CT molecular complexity index is 875. The van der Waals surface area contributed by atoms with Crippen LogP contribution in [-0.4, -0.2) is 44.5 Å². The third kappa shape index (κ3) is 2.97. The Labute approximate surface area is 157 Å². The summed E-state index contributed by atoms with van der Waals surface area (Å²) < 4.78 is 0. The van der Waals surface area contributed by atoms with Crippen molar-refractivity contribution >= 4 is 34.7 Å². The summed E-state index contributed by atoms with van der Waals surface area (Å²) in [5, 5.41) is 0.748. The van der Waals surface area contributed by atoms with E-state index >= 15 is 0 Å². The Morgan fingerprint density at radius 3 is 2.54 bits per heavy atom. The molecule has 0 aliphatic carbocycles. The van der Waals surface area contributed by atoms with Crippen molar-refractivity contribution in [2.24, 2.45) is 0 Å². The Kier molecular flexibility index (Phi) is 4.42. The van der Waals surface area contributed by atoms with Gasteiger partial charge in [0.25, 0.3) is 5.78 Å². The zero-order valence-electron chi connectivity index (χ0n) is 14.7. The normalized spacial score (nSPS) is 17.8. The number of quaternary nitrogens is 1. The Morgan fingerprint density at radius 1 is 1.04 bits per heavy atom. The molecule has 2 aromatic rings. The highest BCUT2D eigenvalue weighted by Gasteiger charge is 2.38. The van der Waals surface area contributed by atoms with E-state index in [1.165, 1.54) is 16.2 Å². The first kappa shape index (κ1) is 17.1. The third-order valence-corrected chi connectivity index (χ3v) is 5.48. The van der Waals surface area contributed by atoms with Crippen molar-refractivity contribution in [3.05, 3.63) is 58.6 Å². The van der Waals surface area contributed by atoms with E-state index in [0.29, 0.717) is 12.2 Å². The summed E-state index contributed by atoms with van der Waals surface area (Å²) in [4.78, 5) is 29.8. The van der Waals surface area contributed by atoms with Gasteiger partial charge >= 0.3 is 5.91 Å². The number of hydrogen-bond donors (Lipinski definition) is 1. The van der Waals surface area contributed by atoms with Crippen LogP contribution >= 0.6 is 11.6 Å². The summed E-state index contributed by atoms with van der Waals surface area (Å²) in [5.74, 6) is -0.806. The van der Waals surface area contributed by atoms with Gasteiger partial charge in [0.15, 0.2) is 6.67 Å². The van der Waals surface area contributed by atoms with Gasteiger partial charge in [-0.2, -0.15) is 0 Å². The maximum Gasteiger partial charge on any atom is 0.303 e. The molecule has 0 radical (unpaired) electrons. The highest BCUT2D eigenvalue weighted by Crippen LogP contribution is 2.27. The molecule has 6 heteroatoms. The first-order chi connectivity index (χ1) is 12.5. The number of piperazine rings is 1. The van der Waals surface area contributed by atoms with Crippen LogP contribution in [0.4, 0.5) is 11.4 Å². The molecule has 0 bridgehead atoms. The molecule has 0 unspecified atom stereocenters. The number of aryl methyl sites for hydroxylation is 1. The van der Waals surface area contributed by atoms with Gasteiger partial charge in [-0.1, -0.05) is 29.8 Å². The SMILES string of the molecule is Cc1ccc(Cl)cc1N1CC[NH+](CN2C(=O)C(=O)c3ccccc32)CC1. The lowest BCUT2D eigenvalue weighted by Gasteiger charge is -2.35. The first-order valence-corrected chi connectivity index (χ1v) is 9.22. The Balaban J connectivity index is 1.44. The molecule has 0 aromatic heterocycles. The lowest BCUT2D eigenvalue weighted by molar-refractivity contribution is -0.899. The van der Waals surface area contributed by atoms with Crippen LogP contribution in [-0.2, 0) is 4.79 Å². The van der Waals surface area contributed by atoms with Crippen LogP contribution in [0.2, 0.25) is 5.02 Å². The van der Waals surface area contributed by atoms with E-state index in [-0.39, 0.29) is 0 Å². The van der Waals surface area contributed by atoms with E-state index in [0.717, 1.165) is 36.9 Å². The molecule has 5 nitrogen and oxygen atoms in total. The van der Waals surface area contributed by atoms with E-state index < -0.39 is 11.7 Å².